The minimum absolute atomic E-state index is 0.322. The third-order valence-electron chi connectivity index (χ3n) is 3.86. The van der Waals surface area contributed by atoms with Gasteiger partial charge in [-0.15, -0.1) is 0 Å². The summed E-state index contributed by atoms with van der Waals surface area (Å²) in [7, 11) is 0. The SMILES string of the molecule is Cc1ccc(C)c(OC[C@H](O)C[NH2+][C@@H](C)c2ccccc2)c1. The summed E-state index contributed by atoms with van der Waals surface area (Å²) in [6, 6.07) is 16.8. The molecule has 2 atom stereocenters. The van der Waals surface area contributed by atoms with Crippen LogP contribution in [0.1, 0.15) is 29.7 Å². The molecule has 0 amide bonds. The van der Waals surface area contributed by atoms with E-state index in [0.29, 0.717) is 19.2 Å². The molecule has 0 aliphatic rings. The number of aryl methyl sites for hydroxylation is 2. The van der Waals surface area contributed by atoms with Crippen molar-refractivity contribution >= 4 is 0 Å². The zero-order chi connectivity index (χ0) is 15.9. The van der Waals surface area contributed by atoms with Crippen molar-refractivity contribution in [2.75, 3.05) is 13.2 Å². The third kappa shape index (κ3) is 4.86. The van der Waals surface area contributed by atoms with Crippen molar-refractivity contribution in [3.63, 3.8) is 0 Å². The molecular weight excluding hydrogens is 274 g/mol. The van der Waals surface area contributed by atoms with Crippen LogP contribution in [0, 0.1) is 13.8 Å². The van der Waals surface area contributed by atoms with Crippen LogP contribution < -0.4 is 10.1 Å². The van der Waals surface area contributed by atoms with Gasteiger partial charge in [-0.25, -0.2) is 0 Å². The van der Waals surface area contributed by atoms with Crippen LogP contribution in [0.5, 0.6) is 5.75 Å². The van der Waals surface area contributed by atoms with Gasteiger partial charge in [0, 0.05) is 5.56 Å². The lowest BCUT2D eigenvalue weighted by molar-refractivity contribution is -0.698. The molecule has 2 aromatic rings. The Balaban J connectivity index is 1.78. The molecule has 22 heavy (non-hydrogen) atoms. The summed E-state index contributed by atoms with van der Waals surface area (Å²) in [6.07, 6.45) is -0.480. The molecule has 118 valence electrons. The monoisotopic (exact) mass is 300 g/mol. The number of hydrogen-bond donors (Lipinski definition) is 2. The second-order valence-corrected chi connectivity index (χ2v) is 5.90. The van der Waals surface area contributed by atoms with Crippen LogP contribution in [0.4, 0.5) is 0 Å². The van der Waals surface area contributed by atoms with E-state index in [4.69, 9.17) is 4.74 Å². The molecule has 0 aliphatic heterocycles. The molecule has 0 aliphatic carbocycles. The van der Waals surface area contributed by atoms with E-state index >= 15 is 0 Å². The summed E-state index contributed by atoms with van der Waals surface area (Å²) in [5.74, 6) is 0.857. The topological polar surface area (TPSA) is 46.1 Å². The van der Waals surface area contributed by atoms with Crippen molar-refractivity contribution in [1.82, 2.24) is 0 Å². The van der Waals surface area contributed by atoms with Crippen molar-refractivity contribution < 1.29 is 15.2 Å². The van der Waals surface area contributed by atoms with E-state index in [1.54, 1.807) is 0 Å². The predicted octanol–water partition coefficient (Wildman–Crippen LogP) is 2.37. The number of nitrogens with two attached hydrogens (primary N) is 1. The van der Waals surface area contributed by atoms with Crippen molar-refractivity contribution in [3.8, 4) is 5.75 Å². The summed E-state index contributed by atoms with van der Waals surface area (Å²) >= 11 is 0. The van der Waals surface area contributed by atoms with Crippen molar-refractivity contribution in [2.24, 2.45) is 0 Å². The number of quaternary nitrogens is 1. The van der Waals surface area contributed by atoms with Crippen molar-refractivity contribution in [2.45, 2.75) is 32.9 Å². The second-order valence-electron chi connectivity index (χ2n) is 5.90. The number of aliphatic hydroxyl groups excluding tert-OH is 1. The van der Waals surface area contributed by atoms with Gasteiger partial charge >= 0.3 is 0 Å². The van der Waals surface area contributed by atoms with Gasteiger partial charge in [-0.3, -0.25) is 0 Å². The van der Waals surface area contributed by atoms with Crippen LogP contribution in [-0.2, 0) is 0 Å². The summed E-state index contributed by atoms with van der Waals surface area (Å²) in [6.45, 7) is 7.15. The van der Waals surface area contributed by atoms with E-state index in [9.17, 15) is 5.11 Å². The first kappa shape index (κ1) is 16.5. The van der Waals surface area contributed by atoms with E-state index < -0.39 is 6.10 Å². The highest BCUT2D eigenvalue weighted by atomic mass is 16.5. The maximum absolute atomic E-state index is 10.1. The Morgan fingerprint density at radius 1 is 1.09 bits per heavy atom. The van der Waals surface area contributed by atoms with Gasteiger partial charge in [-0.2, -0.15) is 0 Å². The fraction of sp³-hybridized carbons (Fsp3) is 0.368. The van der Waals surface area contributed by atoms with Gasteiger partial charge in [-0.1, -0.05) is 42.5 Å². The first-order chi connectivity index (χ1) is 10.6. The van der Waals surface area contributed by atoms with E-state index in [0.717, 1.165) is 11.3 Å². The number of ether oxygens (including phenoxy) is 1. The molecule has 2 aromatic carbocycles. The molecule has 0 radical (unpaired) electrons. The van der Waals surface area contributed by atoms with E-state index in [1.165, 1.54) is 11.1 Å². The molecular formula is C19H26NO2+. The van der Waals surface area contributed by atoms with Crippen LogP contribution in [0.25, 0.3) is 0 Å². The Morgan fingerprint density at radius 3 is 2.55 bits per heavy atom. The minimum Gasteiger partial charge on any atom is -0.490 e. The fourth-order valence-electron chi connectivity index (χ4n) is 2.37. The number of rotatable bonds is 7. The number of aliphatic hydroxyl groups is 1. The molecule has 3 nitrogen and oxygen atoms in total. The average molecular weight is 300 g/mol. The summed E-state index contributed by atoms with van der Waals surface area (Å²) < 4.78 is 5.75. The predicted molar refractivity (Wildman–Crippen MR) is 89.1 cm³/mol. The standard InChI is InChI=1S/C19H25NO2/c1-14-9-10-15(2)19(11-14)22-13-18(21)12-20-16(3)17-7-5-4-6-8-17/h4-11,16,18,20-21H,12-13H2,1-3H3/p+1/t16-,18+/m0/s1. The molecule has 0 fully saturated rings. The smallest absolute Gasteiger partial charge is 0.137 e. The lowest BCUT2D eigenvalue weighted by atomic mass is 10.1. The normalized spacial score (nSPS) is 13.6. The number of hydrogen-bond acceptors (Lipinski definition) is 2. The Bertz CT molecular complexity index is 583. The number of benzene rings is 2. The van der Waals surface area contributed by atoms with Crippen LogP contribution in [0.3, 0.4) is 0 Å². The highest BCUT2D eigenvalue weighted by Gasteiger charge is 2.13. The van der Waals surface area contributed by atoms with Gasteiger partial charge in [0.25, 0.3) is 0 Å². The zero-order valence-corrected chi connectivity index (χ0v) is 13.6. The lowest BCUT2D eigenvalue weighted by Crippen LogP contribution is -2.87. The first-order valence-electron chi connectivity index (χ1n) is 7.82. The molecule has 0 unspecified atom stereocenters. The maximum atomic E-state index is 10.1. The quantitative estimate of drug-likeness (QED) is 0.824. The fourth-order valence-corrected chi connectivity index (χ4v) is 2.37. The van der Waals surface area contributed by atoms with E-state index in [2.05, 4.69) is 30.4 Å². The Kier molecular flexibility index (Phi) is 5.99. The van der Waals surface area contributed by atoms with Gasteiger partial charge in [-0.05, 0) is 38.0 Å². The Labute approximate surface area is 133 Å². The van der Waals surface area contributed by atoms with Gasteiger partial charge in [0.15, 0.2) is 0 Å². The highest BCUT2D eigenvalue weighted by Crippen LogP contribution is 2.19. The second kappa shape index (κ2) is 7.97. The summed E-state index contributed by atoms with van der Waals surface area (Å²) in [5, 5.41) is 12.3. The van der Waals surface area contributed by atoms with Crippen LogP contribution in [-0.4, -0.2) is 24.4 Å². The largest absolute Gasteiger partial charge is 0.490 e. The summed E-state index contributed by atoms with van der Waals surface area (Å²) in [5.41, 5.74) is 3.53. The average Bonchev–Trinajstić information content (AvgIpc) is 2.54. The molecule has 0 spiro atoms. The third-order valence-corrected chi connectivity index (χ3v) is 3.86. The van der Waals surface area contributed by atoms with Crippen LogP contribution >= 0.6 is 0 Å². The zero-order valence-electron chi connectivity index (χ0n) is 13.6. The highest BCUT2D eigenvalue weighted by molar-refractivity contribution is 5.35. The van der Waals surface area contributed by atoms with Crippen molar-refractivity contribution in [1.29, 1.82) is 0 Å². The van der Waals surface area contributed by atoms with Gasteiger partial charge < -0.3 is 15.2 Å². The molecule has 0 saturated heterocycles. The summed E-state index contributed by atoms with van der Waals surface area (Å²) in [4.78, 5) is 0. The van der Waals surface area contributed by atoms with Gasteiger partial charge in [0.1, 0.15) is 31.0 Å². The minimum atomic E-state index is -0.480. The maximum Gasteiger partial charge on any atom is 0.137 e. The molecule has 3 N–H and O–H groups in total. The molecule has 0 bridgehead atoms. The molecule has 2 rings (SSSR count). The van der Waals surface area contributed by atoms with Gasteiger partial charge in [0.05, 0.1) is 0 Å². The van der Waals surface area contributed by atoms with E-state index in [1.807, 2.05) is 44.2 Å². The molecule has 0 heterocycles. The first-order valence-corrected chi connectivity index (χ1v) is 7.82. The van der Waals surface area contributed by atoms with Crippen LogP contribution in [0.15, 0.2) is 48.5 Å². The molecule has 3 heteroatoms. The molecule has 0 aromatic heterocycles. The lowest BCUT2D eigenvalue weighted by Gasteiger charge is -2.16. The Hall–Kier alpha value is -1.84. The van der Waals surface area contributed by atoms with Gasteiger partial charge in [0.2, 0.25) is 0 Å². The Morgan fingerprint density at radius 2 is 1.82 bits per heavy atom. The molecule has 0 saturated carbocycles. The van der Waals surface area contributed by atoms with E-state index in [-0.39, 0.29) is 0 Å². The van der Waals surface area contributed by atoms with Crippen molar-refractivity contribution in [3.05, 3.63) is 65.2 Å². The van der Waals surface area contributed by atoms with Crippen LogP contribution in [0.2, 0.25) is 0 Å².